The van der Waals surface area contributed by atoms with Gasteiger partial charge in [-0.05, 0) is 30.2 Å². The number of carbonyl (C=O) groups is 3. The van der Waals surface area contributed by atoms with E-state index in [0.717, 1.165) is 0 Å². The summed E-state index contributed by atoms with van der Waals surface area (Å²) >= 11 is 7.23. The van der Waals surface area contributed by atoms with Gasteiger partial charge in [-0.1, -0.05) is 23.7 Å². The van der Waals surface area contributed by atoms with E-state index in [1.54, 1.807) is 31.2 Å². The first-order chi connectivity index (χ1) is 11.8. The lowest BCUT2D eigenvalue weighted by Gasteiger charge is -2.49. The zero-order valence-corrected chi connectivity index (χ0v) is 14.8. The first-order valence-corrected chi connectivity index (χ1v) is 8.93. The van der Waals surface area contributed by atoms with Crippen molar-refractivity contribution in [3.8, 4) is 0 Å². The summed E-state index contributed by atoms with van der Waals surface area (Å²) < 4.78 is 0. The van der Waals surface area contributed by atoms with Gasteiger partial charge in [-0.2, -0.15) is 0 Å². The first-order valence-electron chi connectivity index (χ1n) is 7.50. The fraction of sp³-hybridized carbons (Fsp3) is 0.312. The quantitative estimate of drug-likeness (QED) is 0.673. The number of carboxylic acid groups (broad SMARTS) is 1. The van der Waals surface area contributed by atoms with E-state index in [1.165, 1.54) is 16.7 Å². The third-order valence-corrected chi connectivity index (χ3v) is 5.85. The van der Waals surface area contributed by atoms with Crippen LogP contribution in [-0.4, -0.2) is 45.0 Å². The number of fused-ring (bicyclic) bond motifs is 1. The number of carboxylic acids is 1. The van der Waals surface area contributed by atoms with Crippen molar-refractivity contribution in [2.75, 3.05) is 5.75 Å². The second kappa shape index (κ2) is 6.70. The summed E-state index contributed by atoms with van der Waals surface area (Å²) in [5.74, 6) is -1.58. The van der Waals surface area contributed by atoms with Crippen molar-refractivity contribution < 1.29 is 19.5 Å². The topological polar surface area (TPSA) is 113 Å². The Morgan fingerprint density at radius 3 is 2.64 bits per heavy atom. The molecule has 2 amide bonds. The summed E-state index contributed by atoms with van der Waals surface area (Å²) in [4.78, 5) is 37.3. The van der Waals surface area contributed by atoms with E-state index in [1.807, 2.05) is 0 Å². The zero-order chi connectivity index (χ0) is 18.3. The van der Waals surface area contributed by atoms with Crippen LogP contribution in [0.15, 0.2) is 35.5 Å². The van der Waals surface area contributed by atoms with Gasteiger partial charge in [0.15, 0.2) is 0 Å². The van der Waals surface area contributed by atoms with Gasteiger partial charge in [0.1, 0.15) is 23.2 Å². The van der Waals surface area contributed by atoms with E-state index >= 15 is 0 Å². The van der Waals surface area contributed by atoms with E-state index in [0.29, 0.717) is 21.9 Å². The molecule has 2 unspecified atom stereocenters. The molecule has 4 N–H and O–H groups in total. The fourth-order valence-corrected chi connectivity index (χ4v) is 4.26. The summed E-state index contributed by atoms with van der Waals surface area (Å²) in [5.41, 5.74) is 7.14. The molecule has 3 atom stereocenters. The molecular formula is C16H16ClN3O4S. The molecule has 1 saturated heterocycles. The van der Waals surface area contributed by atoms with Crippen molar-refractivity contribution in [2.45, 2.75) is 24.4 Å². The largest absolute Gasteiger partial charge is 0.477 e. The molecule has 25 heavy (non-hydrogen) atoms. The molecule has 0 radical (unpaired) electrons. The highest BCUT2D eigenvalue weighted by atomic mass is 35.5. The maximum Gasteiger partial charge on any atom is 0.352 e. The highest BCUT2D eigenvalue weighted by molar-refractivity contribution is 8.00. The Bertz CT molecular complexity index is 780. The molecule has 7 nitrogen and oxygen atoms in total. The second-order valence-electron chi connectivity index (χ2n) is 5.86. The van der Waals surface area contributed by atoms with Crippen LogP contribution in [0.1, 0.15) is 18.5 Å². The van der Waals surface area contributed by atoms with E-state index in [4.69, 9.17) is 17.3 Å². The smallest absolute Gasteiger partial charge is 0.352 e. The minimum Gasteiger partial charge on any atom is -0.477 e. The number of halogens is 1. The monoisotopic (exact) mass is 381 g/mol. The number of benzene rings is 1. The predicted molar refractivity (Wildman–Crippen MR) is 93.7 cm³/mol. The van der Waals surface area contributed by atoms with Crippen LogP contribution >= 0.6 is 23.4 Å². The molecule has 0 bridgehead atoms. The van der Waals surface area contributed by atoms with Crippen LogP contribution in [0.3, 0.4) is 0 Å². The van der Waals surface area contributed by atoms with Gasteiger partial charge in [0.05, 0.1) is 0 Å². The number of aliphatic carboxylic acids is 1. The third kappa shape index (κ3) is 3.12. The van der Waals surface area contributed by atoms with Gasteiger partial charge in [-0.25, -0.2) is 4.79 Å². The van der Waals surface area contributed by atoms with E-state index in [2.05, 4.69) is 5.32 Å². The van der Waals surface area contributed by atoms with E-state index in [9.17, 15) is 19.5 Å². The van der Waals surface area contributed by atoms with E-state index in [-0.39, 0.29) is 5.70 Å². The van der Waals surface area contributed by atoms with Crippen LogP contribution in [0, 0.1) is 0 Å². The first kappa shape index (κ1) is 17.8. The summed E-state index contributed by atoms with van der Waals surface area (Å²) in [5, 5.41) is 12.0. The fourth-order valence-electron chi connectivity index (χ4n) is 2.84. The zero-order valence-electron chi connectivity index (χ0n) is 13.2. The number of β-lactam (4-membered cyclic amide) rings is 1. The average Bonchev–Trinajstić information content (AvgIpc) is 2.58. The molecule has 2 heterocycles. The molecule has 132 valence electrons. The summed E-state index contributed by atoms with van der Waals surface area (Å²) in [7, 11) is 0. The molecule has 0 aromatic heterocycles. The molecule has 0 saturated carbocycles. The molecule has 0 aliphatic carbocycles. The SMILES string of the molecule is CC1=C(C(=O)O)N2C(=O)C(NC(=O)C(N)c3ccc(Cl)cc3)[C@H]2SC1. The summed E-state index contributed by atoms with van der Waals surface area (Å²) in [6.07, 6.45) is 0. The van der Waals surface area contributed by atoms with Crippen LogP contribution in [0.25, 0.3) is 0 Å². The highest BCUT2D eigenvalue weighted by Crippen LogP contribution is 2.40. The number of nitrogens with one attached hydrogen (secondary N) is 1. The maximum absolute atomic E-state index is 12.4. The molecule has 2 aliphatic rings. The minimum absolute atomic E-state index is 0.00116. The lowest BCUT2D eigenvalue weighted by Crippen LogP contribution is -2.71. The van der Waals surface area contributed by atoms with Crippen molar-refractivity contribution in [1.29, 1.82) is 0 Å². The van der Waals surface area contributed by atoms with Crippen LogP contribution in [0.4, 0.5) is 0 Å². The van der Waals surface area contributed by atoms with Crippen LogP contribution < -0.4 is 11.1 Å². The Kier molecular flexibility index (Phi) is 4.77. The normalized spacial score (nSPS) is 23.6. The predicted octanol–water partition coefficient (Wildman–Crippen LogP) is 1.10. The van der Waals surface area contributed by atoms with Crippen LogP contribution in [0.5, 0.6) is 0 Å². The standard InChI is InChI=1S/C16H16ClN3O4S/c1-7-6-25-15-11(14(22)20(15)12(7)16(23)24)19-13(21)10(18)8-2-4-9(17)5-3-8/h2-5,10-11,15H,6,18H2,1H3,(H,19,21)(H,23,24)/t10?,11?,15-/m1/s1. The number of amides is 2. The number of thioether (sulfide) groups is 1. The molecule has 9 heteroatoms. The summed E-state index contributed by atoms with van der Waals surface area (Å²) in [6, 6.07) is 4.83. The van der Waals surface area contributed by atoms with Crippen molar-refractivity contribution in [2.24, 2.45) is 5.73 Å². The molecule has 1 fully saturated rings. The average molecular weight is 382 g/mol. The molecular weight excluding hydrogens is 366 g/mol. The Balaban J connectivity index is 1.71. The molecule has 1 aromatic carbocycles. The van der Waals surface area contributed by atoms with Gasteiger partial charge >= 0.3 is 5.97 Å². The molecule has 2 aliphatic heterocycles. The van der Waals surface area contributed by atoms with E-state index < -0.39 is 35.2 Å². The Hall–Kier alpha value is -2.03. The van der Waals surface area contributed by atoms with Gasteiger partial charge in [0.2, 0.25) is 5.91 Å². The summed E-state index contributed by atoms with van der Waals surface area (Å²) in [6.45, 7) is 1.68. The highest BCUT2D eigenvalue weighted by Gasteiger charge is 2.53. The van der Waals surface area contributed by atoms with Gasteiger partial charge < -0.3 is 16.2 Å². The number of nitrogens with zero attached hydrogens (tertiary/aromatic N) is 1. The number of hydrogen-bond acceptors (Lipinski definition) is 5. The number of hydrogen-bond donors (Lipinski definition) is 3. The van der Waals surface area contributed by atoms with Crippen molar-refractivity contribution in [3.05, 3.63) is 46.1 Å². The van der Waals surface area contributed by atoms with Gasteiger partial charge in [0.25, 0.3) is 5.91 Å². The van der Waals surface area contributed by atoms with Crippen molar-refractivity contribution in [3.63, 3.8) is 0 Å². The molecule has 0 spiro atoms. The van der Waals surface area contributed by atoms with Gasteiger partial charge in [-0.15, -0.1) is 11.8 Å². The molecule has 1 aromatic rings. The maximum atomic E-state index is 12.4. The molecule has 3 rings (SSSR count). The number of carbonyl (C=O) groups excluding carboxylic acids is 2. The van der Waals surface area contributed by atoms with Crippen LogP contribution in [0.2, 0.25) is 5.02 Å². The third-order valence-electron chi connectivity index (χ3n) is 4.17. The second-order valence-corrected chi connectivity index (χ2v) is 7.40. The Morgan fingerprint density at radius 1 is 1.40 bits per heavy atom. The minimum atomic E-state index is -1.14. The van der Waals surface area contributed by atoms with Gasteiger partial charge in [-0.3, -0.25) is 14.5 Å². The Labute approximate surface area is 153 Å². The van der Waals surface area contributed by atoms with Crippen LogP contribution in [-0.2, 0) is 14.4 Å². The van der Waals surface area contributed by atoms with Crippen molar-refractivity contribution >= 4 is 41.1 Å². The number of rotatable bonds is 4. The Morgan fingerprint density at radius 2 is 2.04 bits per heavy atom. The van der Waals surface area contributed by atoms with Crippen molar-refractivity contribution in [1.82, 2.24) is 10.2 Å². The lowest BCUT2D eigenvalue weighted by atomic mass is 10.0. The lowest BCUT2D eigenvalue weighted by molar-refractivity contribution is -0.150. The van der Waals surface area contributed by atoms with Gasteiger partial charge in [0, 0.05) is 10.8 Å². The number of nitrogens with two attached hydrogens (primary N) is 1.